The first kappa shape index (κ1) is 21.4. The van der Waals surface area contributed by atoms with Crippen molar-refractivity contribution in [1.82, 2.24) is 20.2 Å². The summed E-state index contributed by atoms with van der Waals surface area (Å²) in [6.45, 7) is 7.97. The van der Waals surface area contributed by atoms with Crippen LogP contribution in [0.15, 0.2) is 23.7 Å². The lowest BCUT2D eigenvalue weighted by molar-refractivity contribution is -0.141. The molecule has 1 aliphatic rings. The maximum Gasteiger partial charge on any atom is 0.248 e. The Labute approximate surface area is 175 Å². The van der Waals surface area contributed by atoms with Gasteiger partial charge in [0.05, 0.1) is 18.2 Å². The van der Waals surface area contributed by atoms with Crippen LogP contribution in [-0.4, -0.2) is 53.0 Å². The van der Waals surface area contributed by atoms with E-state index in [1.165, 1.54) is 11.3 Å². The molecular formula is C21H28N4O3S. The minimum absolute atomic E-state index is 0.0276. The van der Waals surface area contributed by atoms with Crippen LogP contribution >= 0.6 is 11.3 Å². The highest BCUT2D eigenvalue weighted by Gasteiger charge is 2.33. The molecule has 3 heterocycles. The van der Waals surface area contributed by atoms with Crippen LogP contribution in [0.2, 0.25) is 0 Å². The Hall–Kier alpha value is -2.32. The van der Waals surface area contributed by atoms with Gasteiger partial charge in [0.15, 0.2) is 0 Å². The molecule has 1 N–H and O–H groups in total. The monoisotopic (exact) mass is 416 g/mol. The average molecular weight is 417 g/mol. The number of ether oxygens (including phenoxy) is 1. The van der Waals surface area contributed by atoms with Gasteiger partial charge >= 0.3 is 0 Å². The quantitative estimate of drug-likeness (QED) is 0.750. The summed E-state index contributed by atoms with van der Waals surface area (Å²) in [6.07, 6.45) is 2.63. The van der Waals surface area contributed by atoms with Crippen molar-refractivity contribution in [2.75, 3.05) is 26.3 Å². The summed E-state index contributed by atoms with van der Waals surface area (Å²) in [5.74, 6) is -0.0559. The van der Waals surface area contributed by atoms with Crippen LogP contribution in [0.5, 0.6) is 0 Å². The summed E-state index contributed by atoms with van der Waals surface area (Å²) in [5.41, 5.74) is 2.80. The van der Waals surface area contributed by atoms with Crippen molar-refractivity contribution in [1.29, 1.82) is 0 Å². The first-order chi connectivity index (χ1) is 14.0. The van der Waals surface area contributed by atoms with Crippen LogP contribution in [0.4, 0.5) is 0 Å². The van der Waals surface area contributed by atoms with Gasteiger partial charge in [-0.3, -0.25) is 14.6 Å². The van der Waals surface area contributed by atoms with Crippen molar-refractivity contribution in [2.24, 2.45) is 11.8 Å². The topological polar surface area (TPSA) is 84.4 Å². The van der Waals surface area contributed by atoms with Gasteiger partial charge in [0, 0.05) is 42.5 Å². The minimum Gasteiger partial charge on any atom is -0.372 e. The summed E-state index contributed by atoms with van der Waals surface area (Å²) >= 11 is 1.52. The van der Waals surface area contributed by atoms with Gasteiger partial charge < -0.3 is 15.0 Å². The van der Waals surface area contributed by atoms with Crippen LogP contribution in [-0.2, 0) is 20.9 Å². The van der Waals surface area contributed by atoms with E-state index in [2.05, 4.69) is 22.2 Å². The normalized spacial score (nSPS) is 19.2. The Morgan fingerprint density at radius 3 is 2.93 bits per heavy atom. The summed E-state index contributed by atoms with van der Waals surface area (Å²) in [6, 6.07) is 3.95. The van der Waals surface area contributed by atoms with Gasteiger partial charge in [0.1, 0.15) is 11.6 Å². The average Bonchev–Trinajstić information content (AvgIpc) is 3.20. The summed E-state index contributed by atoms with van der Waals surface area (Å²) < 4.78 is 5.22. The molecule has 2 aromatic rings. The molecule has 7 nitrogen and oxygen atoms in total. The van der Waals surface area contributed by atoms with Gasteiger partial charge in [-0.25, -0.2) is 4.98 Å². The van der Waals surface area contributed by atoms with Crippen LogP contribution in [0, 0.1) is 18.8 Å². The molecule has 29 heavy (non-hydrogen) atoms. The number of carbonyl (C=O) groups excluding carboxylic acids is 2. The number of aryl methyl sites for hydroxylation is 1. The number of pyridine rings is 1. The number of amides is 2. The fourth-order valence-corrected chi connectivity index (χ4v) is 4.10. The lowest BCUT2D eigenvalue weighted by Crippen LogP contribution is -2.49. The van der Waals surface area contributed by atoms with E-state index in [4.69, 9.17) is 4.74 Å². The Morgan fingerprint density at radius 1 is 1.38 bits per heavy atom. The molecule has 0 aromatic carbocycles. The van der Waals surface area contributed by atoms with E-state index in [1.807, 2.05) is 37.6 Å². The zero-order chi connectivity index (χ0) is 20.8. The van der Waals surface area contributed by atoms with E-state index in [9.17, 15) is 9.59 Å². The minimum atomic E-state index is -0.213. The molecule has 0 unspecified atom stereocenters. The molecule has 1 saturated heterocycles. The number of nitrogens with one attached hydrogen (secondary N) is 1. The van der Waals surface area contributed by atoms with Crippen molar-refractivity contribution in [3.8, 4) is 11.3 Å². The third-order valence-electron chi connectivity index (χ3n) is 5.25. The van der Waals surface area contributed by atoms with Crippen LogP contribution in [0.1, 0.15) is 31.0 Å². The molecule has 0 saturated carbocycles. The van der Waals surface area contributed by atoms with Crippen molar-refractivity contribution < 1.29 is 14.3 Å². The largest absolute Gasteiger partial charge is 0.372 e. The number of thiazole rings is 1. The van der Waals surface area contributed by atoms with Crippen molar-refractivity contribution in [3.05, 3.63) is 34.4 Å². The van der Waals surface area contributed by atoms with Crippen molar-refractivity contribution in [2.45, 2.75) is 33.7 Å². The lowest BCUT2D eigenvalue weighted by atomic mass is 9.86. The third kappa shape index (κ3) is 5.61. The number of rotatable bonds is 7. The van der Waals surface area contributed by atoms with Crippen molar-refractivity contribution >= 4 is 23.2 Å². The van der Waals surface area contributed by atoms with Gasteiger partial charge in [-0.05, 0) is 38.3 Å². The highest BCUT2D eigenvalue weighted by molar-refractivity contribution is 7.09. The maximum atomic E-state index is 12.8. The second kappa shape index (κ2) is 9.93. The fourth-order valence-electron chi connectivity index (χ4n) is 3.36. The van der Waals surface area contributed by atoms with Crippen LogP contribution < -0.4 is 5.32 Å². The van der Waals surface area contributed by atoms with E-state index in [0.29, 0.717) is 26.2 Å². The lowest BCUT2D eigenvalue weighted by Gasteiger charge is -2.36. The molecule has 0 radical (unpaired) electrons. The SMILES string of the molecule is CCOCC(=O)N1CC[C@@H](C)[C@H](C(=O)NCc2nc(-c3ccc(C)nc3)cs2)C1. The molecule has 2 atom stereocenters. The Balaban J connectivity index is 1.55. The maximum absolute atomic E-state index is 12.8. The van der Waals surface area contributed by atoms with Crippen LogP contribution in [0.25, 0.3) is 11.3 Å². The molecule has 156 valence electrons. The highest BCUT2D eigenvalue weighted by Crippen LogP contribution is 2.25. The van der Waals surface area contributed by atoms with Crippen molar-refractivity contribution in [3.63, 3.8) is 0 Å². The highest BCUT2D eigenvalue weighted by atomic mass is 32.1. The number of likely N-dealkylation sites (tertiary alicyclic amines) is 1. The molecule has 1 fully saturated rings. The molecule has 0 aliphatic carbocycles. The van der Waals surface area contributed by atoms with E-state index in [-0.39, 0.29) is 30.3 Å². The predicted molar refractivity (Wildman–Crippen MR) is 112 cm³/mol. The third-order valence-corrected chi connectivity index (χ3v) is 6.10. The van der Waals surface area contributed by atoms with Gasteiger partial charge in [-0.2, -0.15) is 0 Å². The number of aromatic nitrogens is 2. The number of hydrogen-bond donors (Lipinski definition) is 1. The Morgan fingerprint density at radius 2 is 2.21 bits per heavy atom. The molecule has 8 heteroatoms. The second-order valence-corrected chi connectivity index (χ2v) is 8.32. The van der Waals surface area contributed by atoms with E-state index in [1.54, 1.807) is 4.90 Å². The molecule has 3 rings (SSSR count). The predicted octanol–water partition coefficient (Wildman–Crippen LogP) is 2.65. The fraction of sp³-hybridized carbons (Fsp3) is 0.524. The molecular weight excluding hydrogens is 388 g/mol. The van der Waals surface area contributed by atoms with E-state index in [0.717, 1.165) is 28.4 Å². The number of carbonyl (C=O) groups is 2. The second-order valence-electron chi connectivity index (χ2n) is 7.38. The molecule has 1 aliphatic heterocycles. The number of piperidine rings is 1. The standard InChI is InChI=1S/C21H28N4O3S/c1-4-28-12-20(26)25-8-7-14(2)17(11-25)21(27)23-10-19-24-18(13-29-19)16-6-5-15(3)22-9-16/h5-6,9,13-14,17H,4,7-8,10-12H2,1-3H3,(H,23,27)/t14-,17-/m1/s1. The molecule has 0 spiro atoms. The zero-order valence-corrected chi connectivity index (χ0v) is 18.0. The van der Waals surface area contributed by atoms with Gasteiger partial charge in [-0.15, -0.1) is 11.3 Å². The van der Waals surface area contributed by atoms with Gasteiger partial charge in [0.25, 0.3) is 0 Å². The zero-order valence-electron chi connectivity index (χ0n) is 17.2. The Kier molecular flexibility index (Phi) is 7.33. The summed E-state index contributed by atoms with van der Waals surface area (Å²) in [7, 11) is 0. The van der Waals surface area contributed by atoms with E-state index < -0.39 is 0 Å². The first-order valence-corrected chi connectivity index (χ1v) is 10.9. The number of hydrogen-bond acceptors (Lipinski definition) is 6. The molecule has 2 aromatic heterocycles. The van der Waals surface area contributed by atoms with Gasteiger partial charge in [-0.1, -0.05) is 6.92 Å². The molecule has 0 bridgehead atoms. The molecule has 2 amide bonds. The smallest absolute Gasteiger partial charge is 0.248 e. The Bertz CT molecular complexity index is 837. The first-order valence-electron chi connectivity index (χ1n) is 9.98. The number of nitrogens with zero attached hydrogens (tertiary/aromatic N) is 3. The van der Waals surface area contributed by atoms with E-state index >= 15 is 0 Å². The van der Waals surface area contributed by atoms with Gasteiger partial charge in [0.2, 0.25) is 11.8 Å². The summed E-state index contributed by atoms with van der Waals surface area (Å²) in [4.78, 5) is 35.6. The van der Waals surface area contributed by atoms with Crippen LogP contribution in [0.3, 0.4) is 0 Å². The summed E-state index contributed by atoms with van der Waals surface area (Å²) in [5, 5.41) is 5.83.